The van der Waals surface area contributed by atoms with Gasteiger partial charge in [-0.3, -0.25) is 0 Å². The number of hydrogen-bond acceptors (Lipinski definition) is 4. The number of rotatable bonds is 4. The summed E-state index contributed by atoms with van der Waals surface area (Å²) in [6, 6.07) is 47.2. The Morgan fingerprint density at radius 2 is 1.02 bits per heavy atom. The SMILES string of the molecule is c1ccc(-c2cc(-c3ccccc3)nc(-c3cccc(-c4nc5ccccc5c5oc6ccccc6c45)c3)n2)cc1. The van der Waals surface area contributed by atoms with Gasteiger partial charge in [-0.05, 0) is 30.3 Å². The number of fused-ring (bicyclic) bond motifs is 5. The van der Waals surface area contributed by atoms with E-state index < -0.39 is 0 Å². The van der Waals surface area contributed by atoms with Crippen molar-refractivity contribution in [1.29, 1.82) is 0 Å². The van der Waals surface area contributed by atoms with Crippen molar-refractivity contribution in [3.05, 3.63) is 140 Å². The van der Waals surface area contributed by atoms with Gasteiger partial charge >= 0.3 is 0 Å². The number of aromatic nitrogens is 3. The summed E-state index contributed by atoms with van der Waals surface area (Å²) in [4.78, 5) is 15.2. The van der Waals surface area contributed by atoms with E-state index in [0.717, 1.165) is 72.2 Å². The normalized spacial score (nSPS) is 11.4. The lowest BCUT2D eigenvalue weighted by Gasteiger charge is -2.11. The summed E-state index contributed by atoms with van der Waals surface area (Å²) in [5.74, 6) is 0.668. The fraction of sp³-hybridized carbons (Fsp3) is 0. The highest BCUT2D eigenvalue weighted by Crippen LogP contribution is 2.40. The molecule has 0 aliphatic carbocycles. The summed E-state index contributed by atoms with van der Waals surface area (Å²) in [6.07, 6.45) is 0. The van der Waals surface area contributed by atoms with Gasteiger partial charge in [-0.15, -0.1) is 0 Å². The molecule has 0 atom stereocenters. The third kappa shape index (κ3) is 4.05. The molecule has 0 radical (unpaired) electrons. The number of furan rings is 1. The zero-order valence-electron chi connectivity index (χ0n) is 22.0. The molecule has 0 bridgehead atoms. The Balaban J connectivity index is 1.36. The molecule has 192 valence electrons. The van der Waals surface area contributed by atoms with E-state index in [4.69, 9.17) is 19.4 Å². The van der Waals surface area contributed by atoms with E-state index >= 15 is 0 Å². The van der Waals surface area contributed by atoms with E-state index in [1.807, 2.05) is 72.8 Å². The summed E-state index contributed by atoms with van der Waals surface area (Å²) in [6.45, 7) is 0. The van der Waals surface area contributed by atoms with E-state index in [0.29, 0.717) is 5.82 Å². The molecule has 0 N–H and O–H groups in total. The Kier molecular flexibility index (Phi) is 5.42. The van der Waals surface area contributed by atoms with Crippen molar-refractivity contribution in [2.45, 2.75) is 0 Å². The summed E-state index contributed by atoms with van der Waals surface area (Å²) >= 11 is 0. The fourth-order valence-corrected chi connectivity index (χ4v) is 5.51. The first-order chi connectivity index (χ1) is 20.3. The van der Waals surface area contributed by atoms with Crippen LogP contribution in [-0.2, 0) is 0 Å². The standard InChI is InChI=1S/C37H23N3O/c1-3-12-24(13-4-1)31-23-32(25-14-5-2-6-15-25)40-37(39-31)27-17-11-16-26(22-27)35-34-29-19-8-10-21-33(29)41-36(34)28-18-7-9-20-30(28)38-35/h1-23H. The van der Waals surface area contributed by atoms with Crippen LogP contribution in [0.25, 0.3) is 78.0 Å². The van der Waals surface area contributed by atoms with E-state index in [9.17, 15) is 0 Å². The number of pyridine rings is 1. The van der Waals surface area contributed by atoms with Crippen LogP contribution in [-0.4, -0.2) is 15.0 Å². The average molecular weight is 526 g/mol. The monoisotopic (exact) mass is 525 g/mol. The van der Waals surface area contributed by atoms with Crippen LogP contribution < -0.4 is 0 Å². The van der Waals surface area contributed by atoms with Crippen LogP contribution in [0, 0.1) is 0 Å². The van der Waals surface area contributed by atoms with Gasteiger partial charge < -0.3 is 4.42 Å². The van der Waals surface area contributed by atoms with Gasteiger partial charge in [-0.25, -0.2) is 15.0 Å². The molecule has 0 fully saturated rings. The maximum Gasteiger partial charge on any atom is 0.160 e. The number of nitrogens with zero attached hydrogens (tertiary/aromatic N) is 3. The minimum absolute atomic E-state index is 0.668. The van der Waals surface area contributed by atoms with Crippen molar-refractivity contribution in [1.82, 2.24) is 15.0 Å². The van der Waals surface area contributed by atoms with Gasteiger partial charge in [0.25, 0.3) is 0 Å². The first-order valence-electron chi connectivity index (χ1n) is 13.6. The maximum atomic E-state index is 6.41. The first-order valence-corrected chi connectivity index (χ1v) is 13.6. The number of benzene rings is 5. The molecule has 0 amide bonds. The average Bonchev–Trinajstić information content (AvgIpc) is 3.45. The first kappa shape index (κ1) is 23.3. The van der Waals surface area contributed by atoms with Gasteiger partial charge in [0, 0.05) is 33.0 Å². The van der Waals surface area contributed by atoms with Gasteiger partial charge in [0.2, 0.25) is 0 Å². The molecule has 0 saturated carbocycles. The summed E-state index contributed by atoms with van der Waals surface area (Å²) in [5, 5.41) is 3.07. The Morgan fingerprint density at radius 1 is 0.439 bits per heavy atom. The minimum Gasteiger partial charge on any atom is -0.455 e. The van der Waals surface area contributed by atoms with Crippen molar-refractivity contribution < 1.29 is 4.42 Å². The topological polar surface area (TPSA) is 51.8 Å². The van der Waals surface area contributed by atoms with Gasteiger partial charge in [0.05, 0.1) is 28.0 Å². The molecule has 3 aromatic heterocycles. The lowest BCUT2D eigenvalue weighted by atomic mass is 10.0. The van der Waals surface area contributed by atoms with Crippen LogP contribution in [0.4, 0.5) is 0 Å². The Morgan fingerprint density at radius 3 is 1.76 bits per heavy atom. The maximum absolute atomic E-state index is 6.41. The van der Waals surface area contributed by atoms with Gasteiger partial charge in [0.15, 0.2) is 5.82 Å². The largest absolute Gasteiger partial charge is 0.455 e. The van der Waals surface area contributed by atoms with Gasteiger partial charge in [-0.2, -0.15) is 0 Å². The quantitative estimate of drug-likeness (QED) is 0.230. The highest BCUT2D eigenvalue weighted by Gasteiger charge is 2.18. The van der Waals surface area contributed by atoms with E-state index in [1.165, 1.54) is 0 Å². The Labute approximate surface area is 236 Å². The zero-order valence-corrected chi connectivity index (χ0v) is 22.0. The van der Waals surface area contributed by atoms with Gasteiger partial charge in [0.1, 0.15) is 11.2 Å². The molecule has 0 aliphatic heterocycles. The lowest BCUT2D eigenvalue weighted by molar-refractivity contribution is 0.672. The molecule has 0 saturated heterocycles. The van der Waals surface area contributed by atoms with Crippen LogP contribution >= 0.6 is 0 Å². The van der Waals surface area contributed by atoms with E-state index in [-0.39, 0.29) is 0 Å². The Bertz CT molecular complexity index is 2140. The molecular formula is C37H23N3O. The molecule has 41 heavy (non-hydrogen) atoms. The fourth-order valence-electron chi connectivity index (χ4n) is 5.51. The van der Waals surface area contributed by atoms with Crippen molar-refractivity contribution in [3.8, 4) is 45.2 Å². The summed E-state index contributed by atoms with van der Waals surface area (Å²) in [5.41, 5.74) is 9.25. The molecule has 4 nitrogen and oxygen atoms in total. The van der Waals surface area contributed by atoms with Crippen LogP contribution in [0.1, 0.15) is 0 Å². The van der Waals surface area contributed by atoms with Gasteiger partial charge in [-0.1, -0.05) is 109 Å². The second kappa shape index (κ2) is 9.54. The lowest BCUT2D eigenvalue weighted by Crippen LogP contribution is -1.96. The third-order valence-corrected chi connectivity index (χ3v) is 7.47. The van der Waals surface area contributed by atoms with Crippen LogP contribution in [0.15, 0.2) is 144 Å². The molecule has 8 aromatic rings. The third-order valence-electron chi connectivity index (χ3n) is 7.47. The highest BCUT2D eigenvalue weighted by atomic mass is 16.3. The zero-order chi connectivity index (χ0) is 27.2. The molecule has 0 spiro atoms. The second-order valence-corrected chi connectivity index (χ2v) is 10.1. The second-order valence-electron chi connectivity index (χ2n) is 10.1. The van der Waals surface area contributed by atoms with Crippen molar-refractivity contribution in [2.24, 2.45) is 0 Å². The van der Waals surface area contributed by atoms with E-state index in [2.05, 4.69) is 66.7 Å². The minimum atomic E-state index is 0.668. The van der Waals surface area contributed by atoms with Crippen molar-refractivity contribution in [3.63, 3.8) is 0 Å². The molecule has 4 heteroatoms. The van der Waals surface area contributed by atoms with Crippen molar-refractivity contribution in [2.75, 3.05) is 0 Å². The molecule has 3 heterocycles. The van der Waals surface area contributed by atoms with Crippen LogP contribution in [0.2, 0.25) is 0 Å². The molecule has 0 unspecified atom stereocenters. The Hall–Kier alpha value is -5.61. The smallest absolute Gasteiger partial charge is 0.160 e. The highest BCUT2D eigenvalue weighted by molar-refractivity contribution is 6.19. The van der Waals surface area contributed by atoms with Crippen LogP contribution in [0.3, 0.4) is 0 Å². The molecule has 8 rings (SSSR count). The van der Waals surface area contributed by atoms with Crippen molar-refractivity contribution >= 4 is 32.8 Å². The summed E-state index contributed by atoms with van der Waals surface area (Å²) in [7, 11) is 0. The molecular weight excluding hydrogens is 502 g/mol. The summed E-state index contributed by atoms with van der Waals surface area (Å²) < 4.78 is 6.41. The number of hydrogen-bond donors (Lipinski definition) is 0. The predicted molar refractivity (Wildman–Crippen MR) is 166 cm³/mol. The van der Waals surface area contributed by atoms with Crippen LogP contribution in [0.5, 0.6) is 0 Å². The molecule has 5 aromatic carbocycles. The number of para-hydroxylation sites is 2. The molecule has 0 aliphatic rings. The van der Waals surface area contributed by atoms with E-state index in [1.54, 1.807) is 0 Å². The predicted octanol–water partition coefficient (Wildman–Crippen LogP) is 9.59.